The molecule has 3 nitrogen and oxygen atoms in total. The highest BCUT2D eigenvalue weighted by Gasteiger charge is 2.06. The summed E-state index contributed by atoms with van der Waals surface area (Å²) in [4.78, 5) is 0.339. The molecule has 0 saturated carbocycles. The fourth-order valence-corrected chi connectivity index (χ4v) is 2.14. The van der Waals surface area contributed by atoms with Gasteiger partial charge in [0.25, 0.3) is 0 Å². The smallest absolute Gasteiger partial charge is 0.104 e. The summed E-state index contributed by atoms with van der Waals surface area (Å²) < 4.78 is 21.6. The Morgan fingerprint density at radius 3 is 1.90 bits per heavy atom. The summed E-state index contributed by atoms with van der Waals surface area (Å²) in [6, 6.07) is 17.3. The lowest BCUT2D eigenvalue weighted by atomic mass is 10.2. The van der Waals surface area contributed by atoms with Crippen LogP contribution in [0.15, 0.2) is 59.5 Å². The van der Waals surface area contributed by atoms with Crippen LogP contribution in [0, 0.1) is 6.92 Å². The quantitative estimate of drug-likeness (QED) is 0.645. The van der Waals surface area contributed by atoms with E-state index in [0.717, 1.165) is 16.6 Å². The predicted molar refractivity (Wildman–Crippen MR) is 86.5 cm³/mol. The van der Waals surface area contributed by atoms with Crippen LogP contribution in [0.3, 0.4) is 0 Å². The molecule has 2 rings (SSSR count). The highest BCUT2D eigenvalue weighted by atomic mass is 32.2. The number of quaternary nitrogens is 1. The maximum Gasteiger partial charge on any atom is 0.104 e. The Morgan fingerprint density at radius 2 is 1.48 bits per heavy atom. The van der Waals surface area contributed by atoms with Crippen LogP contribution in [0.4, 0.5) is 0 Å². The van der Waals surface area contributed by atoms with Gasteiger partial charge in [0.15, 0.2) is 0 Å². The molecule has 4 heteroatoms. The van der Waals surface area contributed by atoms with E-state index in [9.17, 15) is 8.76 Å². The van der Waals surface area contributed by atoms with Crippen LogP contribution >= 0.6 is 0 Å². The zero-order valence-electron chi connectivity index (χ0n) is 13.1. The van der Waals surface area contributed by atoms with Crippen molar-refractivity contribution >= 4 is 11.1 Å². The summed E-state index contributed by atoms with van der Waals surface area (Å²) in [6.45, 7) is 3.01. The molecule has 2 aromatic carbocycles. The summed E-state index contributed by atoms with van der Waals surface area (Å²) in [7, 11) is 6.60. The van der Waals surface area contributed by atoms with Crippen LogP contribution in [-0.4, -0.2) is 34.4 Å². The topological polar surface area (TPSA) is 40.1 Å². The molecular weight excluding hydrogens is 282 g/mol. The van der Waals surface area contributed by atoms with E-state index < -0.39 is 11.1 Å². The third kappa shape index (κ3) is 7.75. The van der Waals surface area contributed by atoms with Gasteiger partial charge in [-0.15, -0.1) is 0 Å². The summed E-state index contributed by atoms with van der Waals surface area (Å²) in [5.41, 5.74) is 2.47. The number of hydrogen-bond donors (Lipinski definition) is 0. The van der Waals surface area contributed by atoms with E-state index in [1.54, 1.807) is 24.3 Å². The minimum atomic E-state index is -2.09. The van der Waals surface area contributed by atoms with Crippen LogP contribution < -0.4 is 0 Å². The molecule has 0 aliphatic heterocycles. The molecule has 0 radical (unpaired) electrons. The lowest BCUT2D eigenvalue weighted by Gasteiger charge is -2.23. The minimum absolute atomic E-state index is 0.339. The fourth-order valence-electron chi connectivity index (χ4n) is 1.78. The van der Waals surface area contributed by atoms with Crippen molar-refractivity contribution in [1.29, 1.82) is 0 Å². The molecule has 0 aromatic heterocycles. The molecule has 21 heavy (non-hydrogen) atoms. The molecule has 0 amide bonds. The van der Waals surface area contributed by atoms with Crippen LogP contribution in [0.5, 0.6) is 0 Å². The van der Waals surface area contributed by atoms with E-state index in [0.29, 0.717) is 4.90 Å². The van der Waals surface area contributed by atoms with Crippen molar-refractivity contribution in [2.24, 2.45) is 0 Å². The molecule has 0 fully saturated rings. The molecule has 114 valence electrons. The van der Waals surface area contributed by atoms with Gasteiger partial charge in [-0.2, -0.15) is 0 Å². The summed E-state index contributed by atoms with van der Waals surface area (Å²) >= 11 is -2.09. The number of hydrogen-bond acceptors (Lipinski definition) is 2. The highest BCUT2D eigenvalue weighted by Crippen LogP contribution is 2.06. The van der Waals surface area contributed by atoms with Crippen molar-refractivity contribution in [2.45, 2.75) is 18.4 Å². The van der Waals surface area contributed by atoms with Gasteiger partial charge in [-0.25, -0.2) is 0 Å². The zero-order chi connectivity index (χ0) is 15.9. The van der Waals surface area contributed by atoms with Gasteiger partial charge >= 0.3 is 0 Å². The third-order valence-electron chi connectivity index (χ3n) is 2.71. The second kappa shape index (κ2) is 8.08. The van der Waals surface area contributed by atoms with Gasteiger partial charge in [0.2, 0.25) is 0 Å². The van der Waals surface area contributed by atoms with Crippen LogP contribution in [0.2, 0.25) is 0 Å². The summed E-state index contributed by atoms with van der Waals surface area (Å²) in [6.07, 6.45) is 0. The average Bonchev–Trinajstić information content (AvgIpc) is 2.39. The number of aryl methyl sites for hydroxylation is 1. The number of rotatable bonds is 3. The van der Waals surface area contributed by atoms with Gasteiger partial charge in [-0.1, -0.05) is 48.0 Å². The van der Waals surface area contributed by atoms with Crippen LogP contribution in [0.1, 0.15) is 11.1 Å². The number of benzene rings is 2. The fraction of sp³-hybridized carbons (Fsp3) is 0.294. The van der Waals surface area contributed by atoms with Crippen LogP contribution in [-0.2, 0) is 17.6 Å². The highest BCUT2D eigenvalue weighted by molar-refractivity contribution is 7.79. The first-order valence-electron chi connectivity index (χ1n) is 6.78. The summed E-state index contributed by atoms with van der Waals surface area (Å²) in [5, 5.41) is 0. The normalized spacial score (nSPS) is 12.2. The first-order chi connectivity index (χ1) is 9.78. The van der Waals surface area contributed by atoms with E-state index in [4.69, 9.17) is 0 Å². The molecule has 0 spiro atoms. The maximum absolute atomic E-state index is 10.3. The zero-order valence-corrected chi connectivity index (χ0v) is 13.9. The van der Waals surface area contributed by atoms with Crippen molar-refractivity contribution in [3.05, 3.63) is 65.7 Å². The molecule has 0 aliphatic carbocycles. The Morgan fingerprint density at radius 1 is 0.952 bits per heavy atom. The lowest BCUT2D eigenvalue weighted by Crippen LogP contribution is -2.33. The molecule has 0 N–H and O–H groups in total. The Hall–Kier alpha value is -1.49. The molecule has 0 bridgehead atoms. The van der Waals surface area contributed by atoms with Crippen molar-refractivity contribution in [2.75, 3.05) is 21.1 Å². The van der Waals surface area contributed by atoms with Gasteiger partial charge in [0.1, 0.15) is 6.54 Å². The monoisotopic (exact) mass is 305 g/mol. The third-order valence-corrected chi connectivity index (χ3v) is 3.37. The molecular formula is C17H23NO2S. The molecule has 1 unspecified atom stereocenters. The van der Waals surface area contributed by atoms with Crippen molar-refractivity contribution in [1.82, 2.24) is 0 Å². The van der Waals surface area contributed by atoms with E-state index >= 15 is 0 Å². The lowest BCUT2D eigenvalue weighted by molar-refractivity contribution is -0.884. The molecule has 2 aromatic rings. The first-order valence-corrected chi connectivity index (χ1v) is 7.86. The van der Waals surface area contributed by atoms with Gasteiger partial charge in [-0.05, 0) is 30.1 Å². The Kier molecular flexibility index (Phi) is 6.75. The standard InChI is InChI=1S/C10H16N.C7H8O2S/c1-11(2,3)9-10-7-5-4-6-8-10;1-6-2-4-7(5-3-6)10(8)9/h4-8H,9H2,1-3H3;2-5H,1H3,(H,8,9)/q+1;/p-1. The Balaban J connectivity index is 0.000000211. The molecule has 1 atom stereocenters. The van der Waals surface area contributed by atoms with Gasteiger partial charge in [-0.3, -0.25) is 4.21 Å². The number of nitrogens with zero attached hydrogens (tertiary/aromatic N) is 1. The van der Waals surface area contributed by atoms with Crippen molar-refractivity contribution in [3.8, 4) is 0 Å². The van der Waals surface area contributed by atoms with Gasteiger partial charge in [0.05, 0.1) is 21.1 Å². The second-order valence-electron chi connectivity index (χ2n) is 5.98. The van der Waals surface area contributed by atoms with Gasteiger partial charge in [0, 0.05) is 10.5 Å². The Bertz CT molecular complexity index is 560. The molecule has 0 heterocycles. The molecule has 0 saturated heterocycles. The van der Waals surface area contributed by atoms with E-state index in [2.05, 4.69) is 51.5 Å². The maximum atomic E-state index is 10.3. The van der Waals surface area contributed by atoms with E-state index in [-0.39, 0.29) is 0 Å². The summed E-state index contributed by atoms with van der Waals surface area (Å²) in [5.74, 6) is 0. The molecule has 0 aliphatic rings. The average molecular weight is 305 g/mol. The first kappa shape index (κ1) is 17.6. The largest absolute Gasteiger partial charge is 0.768 e. The van der Waals surface area contributed by atoms with E-state index in [1.165, 1.54) is 5.56 Å². The van der Waals surface area contributed by atoms with E-state index in [1.807, 2.05) is 6.92 Å². The Labute approximate surface area is 130 Å². The van der Waals surface area contributed by atoms with Crippen molar-refractivity contribution in [3.63, 3.8) is 0 Å². The van der Waals surface area contributed by atoms with Crippen LogP contribution in [0.25, 0.3) is 0 Å². The second-order valence-corrected chi connectivity index (χ2v) is 6.92. The predicted octanol–water partition coefficient (Wildman–Crippen LogP) is 3.13. The van der Waals surface area contributed by atoms with Crippen molar-refractivity contribution < 1.29 is 13.2 Å². The van der Waals surface area contributed by atoms with Gasteiger partial charge < -0.3 is 9.04 Å². The SMILES string of the molecule is C[N+](C)(C)Cc1ccccc1.Cc1ccc(S(=O)[O-])cc1. The minimum Gasteiger partial charge on any atom is -0.768 e.